The van der Waals surface area contributed by atoms with Gasteiger partial charge in [-0.3, -0.25) is 4.79 Å². The number of aliphatic hydroxyl groups is 1. The third-order valence-electron chi connectivity index (χ3n) is 6.73. The fourth-order valence-corrected chi connectivity index (χ4v) is 5.92. The summed E-state index contributed by atoms with van der Waals surface area (Å²) in [5.74, 6) is 1.75. The van der Waals surface area contributed by atoms with Crippen molar-refractivity contribution in [1.29, 1.82) is 0 Å². The van der Waals surface area contributed by atoms with E-state index in [0.717, 1.165) is 31.1 Å². The number of carbonyl (C=O) groups is 1. The smallest absolute Gasteiger partial charge is 0.226 e. The maximum Gasteiger partial charge on any atom is 0.226 e. The van der Waals surface area contributed by atoms with Crippen LogP contribution in [0.4, 0.5) is 0 Å². The summed E-state index contributed by atoms with van der Waals surface area (Å²) in [7, 11) is 0. The average Bonchev–Trinajstić information content (AvgIpc) is 2.41. The standard InChI is InChI=1S/C18H31NO2/c1-4-18(21,5-2)12-19-15(20)17-9-13-6-14(10-17)8-16(3,7-13)11-17/h13-14,21H,4-12H2,1-3H3,(H,19,20). The summed E-state index contributed by atoms with van der Waals surface area (Å²) in [5, 5.41) is 13.5. The molecular weight excluding hydrogens is 262 g/mol. The van der Waals surface area contributed by atoms with Crippen molar-refractivity contribution in [3.8, 4) is 0 Å². The molecule has 4 aliphatic carbocycles. The molecule has 2 N–H and O–H groups in total. The summed E-state index contributed by atoms with van der Waals surface area (Å²) in [6.07, 6.45) is 8.62. The van der Waals surface area contributed by atoms with Gasteiger partial charge in [0.15, 0.2) is 0 Å². The van der Waals surface area contributed by atoms with E-state index in [1.165, 1.54) is 19.3 Å². The SMILES string of the molecule is CCC(O)(CC)CNC(=O)C12CC3CC(CC(C)(C3)C1)C2. The van der Waals surface area contributed by atoms with Crippen LogP contribution >= 0.6 is 0 Å². The molecule has 0 saturated heterocycles. The second kappa shape index (κ2) is 4.97. The van der Waals surface area contributed by atoms with Gasteiger partial charge in [-0.2, -0.15) is 0 Å². The molecule has 21 heavy (non-hydrogen) atoms. The Bertz CT molecular complexity index is 413. The molecule has 0 aromatic heterocycles. The number of nitrogens with one attached hydrogen (secondary N) is 1. The summed E-state index contributed by atoms with van der Waals surface area (Å²) < 4.78 is 0. The van der Waals surface area contributed by atoms with E-state index < -0.39 is 5.60 Å². The van der Waals surface area contributed by atoms with Gasteiger partial charge in [0.1, 0.15) is 0 Å². The predicted molar refractivity (Wildman–Crippen MR) is 83.8 cm³/mol. The number of hydrogen-bond donors (Lipinski definition) is 2. The lowest BCUT2D eigenvalue weighted by Crippen LogP contribution is -2.58. The van der Waals surface area contributed by atoms with Crippen molar-refractivity contribution in [3.63, 3.8) is 0 Å². The van der Waals surface area contributed by atoms with Gasteiger partial charge < -0.3 is 10.4 Å². The topological polar surface area (TPSA) is 49.3 Å². The van der Waals surface area contributed by atoms with Gasteiger partial charge in [-0.1, -0.05) is 20.8 Å². The van der Waals surface area contributed by atoms with E-state index in [4.69, 9.17) is 0 Å². The highest BCUT2D eigenvalue weighted by Gasteiger charge is 2.58. The van der Waals surface area contributed by atoms with E-state index in [1.807, 2.05) is 13.8 Å². The van der Waals surface area contributed by atoms with E-state index >= 15 is 0 Å². The second-order valence-corrected chi connectivity index (χ2v) is 8.67. The van der Waals surface area contributed by atoms with E-state index in [2.05, 4.69) is 12.2 Å². The van der Waals surface area contributed by atoms with Crippen LogP contribution < -0.4 is 5.32 Å². The quantitative estimate of drug-likeness (QED) is 0.817. The molecule has 0 aromatic rings. The van der Waals surface area contributed by atoms with Crippen LogP contribution in [0.5, 0.6) is 0 Å². The lowest BCUT2D eigenvalue weighted by Gasteiger charge is -2.60. The summed E-state index contributed by atoms with van der Waals surface area (Å²) in [6.45, 7) is 6.77. The normalized spacial score (nSPS) is 41.3. The van der Waals surface area contributed by atoms with E-state index in [1.54, 1.807) is 0 Å². The monoisotopic (exact) mass is 293 g/mol. The lowest BCUT2D eigenvalue weighted by atomic mass is 9.44. The van der Waals surface area contributed by atoms with Gasteiger partial charge >= 0.3 is 0 Å². The number of amides is 1. The van der Waals surface area contributed by atoms with Crippen molar-refractivity contribution in [2.75, 3.05) is 6.54 Å². The van der Waals surface area contributed by atoms with E-state index in [0.29, 0.717) is 24.8 Å². The summed E-state index contributed by atoms with van der Waals surface area (Å²) in [6, 6.07) is 0. The molecular formula is C18H31NO2. The highest BCUT2D eigenvalue weighted by molar-refractivity contribution is 5.83. The molecule has 4 fully saturated rings. The van der Waals surface area contributed by atoms with Gasteiger partial charge in [0.2, 0.25) is 5.91 Å². The highest BCUT2D eigenvalue weighted by atomic mass is 16.3. The third-order valence-corrected chi connectivity index (χ3v) is 6.73. The minimum atomic E-state index is -0.734. The Kier molecular flexibility index (Phi) is 3.63. The van der Waals surface area contributed by atoms with Crippen LogP contribution in [0.15, 0.2) is 0 Å². The predicted octanol–water partition coefficient (Wildman–Crippen LogP) is 3.26. The molecule has 1 amide bonds. The summed E-state index contributed by atoms with van der Waals surface area (Å²) in [4.78, 5) is 12.9. The first-order valence-corrected chi connectivity index (χ1v) is 8.83. The zero-order chi connectivity index (χ0) is 15.3. The van der Waals surface area contributed by atoms with Crippen molar-refractivity contribution >= 4 is 5.91 Å². The van der Waals surface area contributed by atoms with E-state index in [9.17, 15) is 9.90 Å². The zero-order valence-corrected chi connectivity index (χ0v) is 13.9. The first-order chi connectivity index (χ1) is 9.82. The van der Waals surface area contributed by atoms with E-state index in [-0.39, 0.29) is 11.3 Å². The molecule has 120 valence electrons. The molecule has 3 heteroatoms. The van der Waals surface area contributed by atoms with Crippen LogP contribution in [0.2, 0.25) is 0 Å². The maximum absolute atomic E-state index is 12.9. The number of hydrogen-bond acceptors (Lipinski definition) is 2. The number of carbonyl (C=O) groups excluding carboxylic acids is 1. The summed E-state index contributed by atoms with van der Waals surface area (Å²) >= 11 is 0. The van der Waals surface area contributed by atoms with Gasteiger partial charge in [0.05, 0.1) is 11.0 Å². The van der Waals surface area contributed by atoms with Crippen molar-refractivity contribution < 1.29 is 9.90 Å². The Morgan fingerprint density at radius 2 is 1.76 bits per heavy atom. The van der Waals surface area contributed by atoms with Crippen molar-refractivity contribution in [1.82, 2.24) is 5.32 Å². The molecule has 0 spiro atoms. The molecule has 0 heterocycles. The molecule has 4 saturated carbocycles. The Morgan fingerprint density at radius 1 is 1.19 bits per heavy atom. The van der Waals surface area contributed by atoms with Crippen molar-refractivity contribution in [3.05, 3.63) is 0 Å². The highest BCUT2D eigenvalue weighted by Crippen LogP contribution is 2.65. The molecule has 3 nitrogen and oxygen atoms in total. The summed E-state index contributed by atoms with van der Waals surface area (Å²) in [5.41, 5.74) is -0.462. The minimum absolute atomic E-state index is 0.124. The van der Waals surface area contributed by atoms with Gasteiger partial charge in [0, 0.05) is 6.54 Å². The fraction of sp³-hybridized carbons (Fsp3) is 0.944. The first kappa shape index (κ1) is 15.3. The average molecular weight is 293 g/mol. The largest absolute Gasteiger partial charge is 0.388 e. The van der Waals surface area contributed by atoms with Crippen molar-refractivity contribution in [2.24, 2.45) is 22.7 Å². The van der Waals surface area contributed by atoms with Gasteiger partial charge in [-0.15, -0.1) is 0 Å². The first-order valence-electron chi connectivity index (χ1n) is 8.83. The fourth-order valence-electron chi connectivity index (χ4n) is 5.92. The van der Waals surface area contributed by atoms with Crippen LogP contribution in [0.3, 0.4) is 0 Å². The van der Waals surface area contributed by atoms with Crippen molar-refractivity contribution in [2.45, 2.75) is 77.7 Å². The minimum Gasteiger partial charge on any atom is -0.388 e. The van der Waals surface area contributed by atoms with Gasteiger partial charge in [-0.05, 0) is 68.6 Å². The van der Waals surface area contributed by atoms with Gasteiger partial charge in [-0.25, -0.2) is 0 Å². The molecule has 4 aliphatic rings. The second-order valence-electron chi connectivity index (χ2n) is 8.67. The Labute approximate surface area is 128 Å². The Balaban J connectivity index is 1.70. The van der Waals surface area contributed by atoms with Gasteiger partial charge in [0.25, 0.3) is 0 Å². The van der Waals surface area contributed by atoms with Crippen LogP contribution in [-0.2, 0) is 4.79 Å². The Hall–Kier alpha value is -0.570. The molecule has 0 aliphatic heterocycles. The zero-order valence-electron chi connectivity index (χ0n) is 13.9. The lowest BCUT2D eigenvalue weighted by molar-refractivity contribution is -0.156. The van der Waals surface area contributed by atoms with Crippen LogP contribution in [0, 0.1) is 22.7 Å². The molecule has 2 atom stereocenters. The third kappa shape index (κ3) is 2.62. The molecule has 4 bridgehead atoms. The number of rotatable bonds is 5. The van der Waals surface area contributed by atoms with Crippen LogP contribution in [-0.4, -0.2) is 23.2 Å². The van der Waals surface area contributed by atoms with Crippen LogP contribution in [0.1, 0.15) is 72.1 Å². The van der Waals surface area contributed by atoms with Crippen LogP contribution in [0.25, 0.3) is 0 Å². The molecule has 0 aromatic carbocycles. The molecule has 0 radical (unpaired) electrons. The molecule has 4 rings (SSSR count). The molecule has 2 unspecified atom stereocenters. The Morgan fingerprint density at radius 3 is 2.24 bits per heavy atom. The maximum atomic E-state index is 12.9.